The molecule has 0 saturated heterocycles. The molecule has 0 spiro atoms. The summed E-state index contributed by atoms with van der Waals surface area (Å²) in [7, 11) is -3.47. The fourth-order valence-electron chi connectivity index (χ4n) is 3.30. The molecule has 1 aromatic heterocycles. The van der Waals surface area contributed by atoms with E-state index in [9.17, 15) is 22.4 Å². The Balaban J connectivity index is 2.03. The monoisotopic (exact) mass is 478 g/mol. The van der Waals surface area contributed by atoms with Gasteiger partial charge in [-0.1, -0.05) is 35.3 Å². The summed E-state index contributed by atoms with van der Waals surface area (Å²) in [6.45, 7) is 0. The number of halogens is 3. The Morgan fingerprint density at radius 1 is 0.935 bits per heavy atom. The normalized spacial score (nSPS) is 11.7. The lowest BCUT2D eigenvalue weighted by Gasteiger charge is -2.06. The maximum Gasteiger partial charge on any atom is 0.340 e. The number of fused-ring (bicyclic) bond motifs is 1. The number of sulfone groups is 1. The molecule has 0 N–H and O–H groups in total. The van der Waals surface area contributed by atoms with Crippen LogP contribution >= 0.6 is 23.2 Å². The molecule has 0 saturated carbocycles. The van der Waals surface area contributed by atoms with Crippen molar-refractivity contribution in [1.29, 1.82) is 0 Å². The minimum Gasteiger partial charge on any atom is -0.268 e. The Kier molecular flexibility index (Phi) is 5.25. The molecule has 0 bridgehead atoms. The average Bonchev–Trinajstić information content (AvgIpc) is 3.00. The van der Waals surface area contributed by atoms with Crippen LogP contribution in [-0.4, -0.2) is 29.7 Å². The number of hydrogen-bond donors (Lipinski definition) is 0. The van der Waals surface area contributed by atoms with Crippen LogP contribution in [0, 0.1) is 5.82 Å². The van der Waals surface area contributed by atoms with Gasteiger partial charge in [0.2, 0.25) is 0 Å². The molecular weight excluding hydrogens is 466 g/mol. The minimum absolute atomic E-state index is 0.0122. The van der Waals surface area contributed by atoms with Gasteiger partial charge in [0.25, 0.3) is 5.91 Å². The second kappa shape index (κ2) is 7.64. The zero-order valence-electron chi connectivity index (χ0n) is 15.8. The van der Waals surface area contributed by atoms with Crippen LogP contribution in [0.5, 0.6) is 0 Å². The molecule has 4 rings (SSSR count). The van der Waals surface area contributed by atoms with E-state index in [4.69, 9.17) is 23.2 Å². The van der Waals surface area contributed by atoms with Gasteiger partial charge in [0.1, 0.15) is 11.3 Å². The molecule has 3 aromatic carbocycles. The Labute approximate surface area is 186 Å². The Hall–Kier alpha value is -2.94. The molecule has 0 fully saturated rings. The first-order valence-electron chi connectivity index (χ1n) is 8.82. The summed E-state index contributed by atoms with van der Waals surface area (Å²) < 4.78 is 40.0. The highest BCUT2D eigenvalue weighted by molar-refractivity contribution is 7.90. The van der Waals surface area contributed by atoms with E-state index in [0.717, 1.165) is 21.5 Å². The molecule has 31 heavy (non-hydrogen) atoms. The van der Waals surface area contributed by atoms with Crippen molar-refractivity contribution in [2.45, 2.75) is 4.90 Å². The largest absolute Gasteiger partial charge is 0.340 e. The number of hydrogen-bond acceptors (Lipinski definition) is 4. The summed E-state index contributed by atoms with van der Waals surface area (Å²) in [5.74, 6) is -1.55. The van der Waals surface area contributed by atoms with Crippen molar-refractivity contribution >= 4 is 50.0 Å². The highest BCUT2D eigenvalue weighted by Crippen LogP contribution is 2.28. The van der Waals surface area contributed by atoms with Gasteiger partial charge in [0.05, 0.1) is 31.7 Å². The summed E-state index contributed by atoms with van der Waals surface area (Å²) in [6.07, 6.45) is 1.05. The van der Waals surface area contributed by atoms with Gasteiger partial charge in [-0.25, -0.2) is 22.2 Å². The first kappa shape index (κ1) is 21.3. The lowest BCUT2D eigenvalue weighted by Crippen LogP contribution is -2.29. The smallest absolute Gasteiger partial charge is 0.268 e. The second-order valence-corrected chi connectivity index (χ2v) is 9.56. The highest BCUT2D eigenvalue weighted by Gasteiger charge is 2.25. The topological polar surface area (TPSA) is 78.1 Å². The predicted octanol–water partition coefficient (Wildman–Crippen LogP) is 4.33. The summed E-state index contributed by atoms with van der Waals surface area (Å²) in [4.78, 5) is 26.6. The van der Waals surface area contributed by atoms with Crippen LogP contribution in [0.1, 0.15) is 10.4 Å². The van der Waals surface area contributed by atoms with Gasteiger partial charge in [-0.3, -0.25) is 9.36 Å². The molecule has 0 aliphatic rings. The van der Waals surface area contributed by atoms with Crippen molar-refractivity contribution < 1.29 is 17.6 Å². The summed E-state index contributed by atoms with van der Waals surface area (Å²) in [5, 5.41) is 0.0819. The maximum atomic E-state index is 14.8. The molecule has 158 valence electrons. The van der Waals surface area contributed by atoms with Crippen LogP contribution in [0.15, 0.2) is 70.4 Å². The van der Waals surface area contributed by atoms with Crippen molar-refractivity contribution in [2.24, 2.45) is 0 Å². The summed E-state index contributed by atoms with van der Waals surface area (Å²) >= 11 is 12.3. The lowest BCUT2D eigenvalue weighted by atomic mass is 10.2. The second-order valence-electron chi connectivity index (χ2n) is 6.73. The fraction of sp³-hybridized carbons (Fsp3) is 0.0476. The number of para-hydroxylation sites is 1. The van der Waals surface area contributed by atoms with Crippen molar-refractivity contribution in [3.05, 3.63) is 92.6 Å². The molecule has 0 radical (unpaired) electrons. The average molecular weight is 479 g/mol. The third kappa shape index (κ3) is 3.56. The van der Waals surface area contributed by atoms with Gasteiger partial charge in [-0.15, -0.1) is 0 Å². The standard InChI is InChI=1S/C21H13Cl2FN2O4S/c1-31(29,30)13-10-8-12(9-11-13)25-19-16(24)6-3-7-17(19)26(21(25)28)20(27)18-14(22)4-2-5-15(18)23/h2-11H,1H3. The number of carbonyl (C=O) groups is 1. The van der Waals surface area contributed by atoms with Crippen LogP contribution in [0.3, 0.4) is 0 Å². The van der Waals surface area contributed by atoms with Crippen LogP contribution in [-0.2, 0) is 9.84 Å². The van der Waals surface area contributed by atoms with Gasteiger partial charge in [-0.2, -0.15) is 0 Å². The maximum absolute atomic E-state index is 14.8. The predicted molar refractivity (Wildman–Crippen MR) is 117 cm³/mol. The zero-order valence-corrected chi connectivity index (χ0v) is 18.2. The third-order valence-corrected chi connectivity index (χ3v) is 6.47. The number of imidazole rings is 1. The van der Waals surface area contributed by atoms with E-state index in [0.29, 0.717) is 0 Å². The van der Waals surface area contributed by atoms with E-state index >= 15 is 0 Å². The van der Waals surface area contributed by atoms with E-state index in [2.05, 4.69) is 0 Å². The zero-order chi connectivity index (χ0) is 22.5. The third-order valence-electron chi connectivity index (χ3n) is 4.72. The van der Waals surface area contributed by atoms with E-state index in [1.165, 1.54) is 48.5 Å². The number of rotatable bonds is 3. The van der Waals surface area contributed by atoms with Crippen LogP contribution in [0.4, 0.5) is 4.39 Å². The van der Waals surface area contributed by atoms with Gasteiger partial charge >= 0.3 is 5.69 Å². The van der Waals surface area contributed by atoms with Crippen molar-refractivity contribution in [3.8, 4) is 5.69 Å². The van der Waals surface area contributed by atoms with Gasteiger partial charge < -0.3 is 0 Å². The Bertz CT molecular complexity index is 1500. The molecule has 0 unspecified atom stereocenters. The van der Waals surface area contributed by atoms with E-state index in [1.807, 2.05) is 0 Å². The van der Waals surface area contributed by atoms with Crippen molar-refractivity contribution in [1.82, 2.24) is 9.13 Å². The molecule has 0 aliphatic carbocycles. The van der Waals surface area contributed by atoms with Crippen molar-refractivity contribution in [2.75, 3.05) is 6.26 Å². The fourth-order valence-corrected chi connectivity index (χ4v) is 4.49. The van der Waals surface area contributed by atoms with Crippen LogP contribution in [0.2, 0.25) is 10.0 Å². The SMILES string of the molecule is CS(=O)(=O)c1ccc(-n2c(=O)n(C(=O)c3c(Cl)cccc3Cl)c3cccc(F)c32)cc1. The van der Waals surface area contributed by atoms with Crippen LogP contribution in [0.25, 0.3) is 16.7 Å². The van der Waals surface area contributed by atoms with Crippen molar-refractivity contribution in [3.63, 3.8) is 0 Å². The molecule has 6 nitrogen and oxygen atoms in total. The van der Waals surface area contributed by atoms with Crippen LogP contribution < -0.4 is 5.69 Å². The van der Waals surface area contributed by atoms with E-state index < -0.39 is 27.3 Å². The first-order valence-corrected chi connectivity index (χ1v) is 11.5. The molecule has 4 aromatic rings. The summed E-state index contributed by atoms with van der Waals surface area (Å²) in [6, 6.07) is 13.7. The highest BCUT2D eigenvalue weighted by atomic mass is 35.5. The quantitative estimate of drug-likeness (QED) is 0.438. The molecule has 0 amide bonds. The van der Waals surface area contributed by atoms with E-state index in [-0.39, 0.29) is 37.2 Å². The minimum atomic E-state index is -3.47. The Morgan fingerprint density at radius 2 is 1.52 bits per heavy atom. The number of nitrogens with zero attached hydrogens (tertiary/aromatic N) is 2. The molecule has 1 heterocycles. The molecule has 0 aliphatic heterocycles. The lowest BCUT2D eigenvalue weighted by molar-refractivity contribution is 0.0961. The van der Waals surface area contributed by atoms with Gasteiger partial charge in [0, 0.05) is 6.26 Å². The summed E-state index contributed by atoms with van der Waals surface area (Å²) in [5.41, 5.74) is -0.893. The number of carbonyl (C=O) groups excluding carboxylic acids is 1. The van der Waals surface area contributed by atoms with E-state index in [1.54, 1.807) is 6.07 Å². The molecular formula is C21H13Cl2FN2O4S. The number of aromatic nitrogens is 2. The van der Waals surface area contributed by atoms with Gasteiger partial charge in [0.15, 0.2) is 9.84 Å². The Morgan fingerprint density at radius 3 is 2.10 bits per heavy atom. The molecule has 0 atom stereocenters. The molecule has 10 heteroatoms. The van der Waals surface area contributed by atoms with Gasteiger partial charge in [-0.05, 0) is 48.5 Å². The first-order chi connectivity index (χ1) is 14.6. The number of benzene rings is 3.